The molecule has 0 bridgehead atoms. The van der Waals surface area contributed by atoms with Crippen LogP contribution in [0, 0.1) is 0 Å². The number of rotatable bonds is 10. The molecule has 0 aromatic carbocycles. The second kappa shape index (κ2) is 11.5. The molecule has 0 aromatic heterocycles. The van der Waals surface area contributed by atoms with E-state index in [0.29, 0.717) is 0 Å². The second-order valence-electron chi connectivity index (χ2n) is 5.62. The van der Waals surface area contributed by atoms with Gasteiger partial charge < -0.3 is 0 Å². The van der Waals surface area contributed by atoms with E-state index >= 15 is 0 Å². The van der Waals surface area contributed by atoms with Gasteiger partial charge in [0, 0.05) is 22.0 Å². The maximum Gasteiger partial charge on any atom is 0.0141 e. The van der Waals surface area contributed by atoms with Crippen LogP contribution in [0.4, 0.5) is 0 Å². The zero-order valence-corrected chi connectivity index (χ0v) is 14.1. The van der Waals surface area contributed by atoms with Gasteiger partial charge >= 0.3 is 0 Å². The van der Waals surface area contributed by atoms with Gasteiger partial charge in [0.25, 0.3) is 0 Å². The van der Waals surface area contributed by atoms with Gasteiger partial charge in [0.05, 0.1) is 0 Å². The molecule has 1 heterocycles. The Morgan fingerprint density at radius 2 is 1.22 bits per heavy atom. The molecule has 1 saturated heterocycles. The third kappa shape index (κ3) is 7.99. The summed E-state index contributed by atoms with van der Waals surface area (Å²) in [5.41, 5.74) is 0. The van der Waals surface area contributed by atoms with Crippen molar-refractivity contribution >= 4 is 23.5 Å². The first-order chi connectivity index (χ1) is 8.86. The van der Waals surface area contributed by atoms with Gasteiger partial charge in [0.1, 0.15) is 0 Å². The third-order valence-corrected chi connectivity index (χ3v) is 7.02. The molecule has 0 saturated carbocycles. The van der Waals surface area contributed by atoms with E-state index < -0.39 is 0 Å². The van der Waals surface area contributed by atoms with Crippen LogP contribution >= 0.6 is 23.5 Å². The largest absolute Gasteiger partial charge is 0.160 e. The number of hydrogen-bond donors (Lipinski definition) is 0. The molecule has 2 atom stereocenters. The van der Waals surface area contributed by atoms with E-state index in [4.69, 9.17) is 0 Å². The van der Waals surface area contributed by atoms with Gasteiger partial charge in [-0.2, -0.15) is 23.5 Å². The summed E-state index contributed by atoms with van der Waals surface area (Å²) in [5.74, 6) is 2.84. The summed E-state index contributed by atoms with van der Waals surface area (Å²) in [5, 5.41) is 1.94. The van der Waals surface area contributed by atoms with Crippen molar-refractivity contribution in [3.05, 3.63) is 0 Å². The monoisotopic (exact) mass is 288 g/mol. The Hall–Kier alpha value is 0.700. The maximum absolute atomic E-state index is 2.33. The lowest BCUT2D eigenvalue weighted by molar-refractivity contribution is 0.618. The van der Waals surface area contributed by atoms with E-state index in [1.54, 1.807) is 0 Å². The molecule has 0 nitrogen and oxygen atoms in total. The summed E-state index contributed by atoms with van der Waals surface area (Å²) in [6.07, 6.45) is 14.4. The maximum atomic E-state index is 2.33. The molecule has 18 heavy (non-hydrogen) atoms. The van der Waals surface area contributed by atoms with Crippen molar-refractivity contribution in [3.8, 4) is 0 Å². The van der Waals surface area contributed by atoms with Crippen LogP contribution < -0.4 is 0 Å². The molecular formula is C16H32S2. The standard InChI is InChI=1S/C16H32S2/c1-3-5-7-9-11-15-13-17-14-16(18-15)12-10-8-6-4-2/h15-16H,3-14H2,1-2H3. The molecule has 0 N–H and O–H groups in total. The summed E-state index contributed by atoms with van der Waals surface area (Å²) < 4.78 is 0. The molecule has 2 unspecified atom stereocenters. The highest BCUT2D eigenvalue weighted by Crippen LogP contribution is 2.35. The zero-order chi connectivity index (χ0) is 13.1. The summed E-state index contributed by atoms with van der Waals surface area (Å²) >= 11 is 4.54. The average Bonchev–Trinajstić information content (AvgIpc) is 2.40. The van der Waals surface area contributed by atoms with Crippen molar-refractivity contribution in [1.82, 2.24) is 0 Å². The number of thioether (sulfide) groups is 2. The Morgan fingerprint density at radius 1 is 0.722 bits per heavy atom. The lowest BCUT2D eigenvalue weighted by atomic mass is 10.1. The quantitative estimate of drug-likeness (QED) is 0.442. The van der Waals surface area contributed by atoms with Crippen LogP contribution in [-0.4, -0.2) is 22.0 Å². The fraction of sp³-hybridized carbons (Fsp3) is 1.00. The Morgan fingerprint density at radius 3 is 1.67 bits per heavy atom. The minimum Gasteiger partial charge on any atom is -0.160 e. The first-order valence-corrected chi connectivity index (χ1v) is 10.2. The molecule has 1 aliphatic heterocycles. The normalized spacial score (nSPS) is 24.3. The first kappa shape index (κ1) is 16.8. The molecule has 1 rings (SSSR count). The van der Waals surface area contributed by atoms with Crippen LogP contribution in [0.25, 0.3) is 0 Å². The lowest BCUT2D eigenvalue weighted by Gasteiger charge is -2.28. The van der Waals surface area contributed by atoms with Crippen molar-refractivity contribution in [2.24, 2.45) is 0 Å². The van der Waals surface area contributed by atoms with Crippen LogP contribution in [-0.2, 0) is 0 Å². The minimum atomic E-state index is 0.969. The molecule has 0 amide bonds. The van der Waals surface area contributed by atoms with Crippen molar-refractivity contribution in [3.63, 3.8) is 0 Å². The first-order valence-electron chi connectivity index (χ1n) is 8.10. The molecule has 108 valence electrons. The van der Waals surface area contributed by atoms with E-state index in [-0.39, 0.29) is 0 Å². The predicted octanol–water partition coefficient (Wildman–Crippen LogP) is 6.14. The van der Waals surface area contributed by atoms with E-state index in [1.165, 1.54) is 75.7 Å². The van der Waals surface area contributed by atoms with E-state index in [9.17, 15) is 0 Å². The molecule has 0 radical (unpaired) electrons. The smallest absolute Gasteiger partial charge is 0.0141 e. The van der Waals surface area contributed by atoms with E-state index in [1.807, 2.05) is 0 Å². The molecular weight excluding hydrogens is 256 g/mol. The van der Waals surface area contributed by atoms with E-state index in [0.717, 1.165) is 10.5 Å². The van der Waals surface area contributed by atoms with Crippen LogP contribution in [0.1, 0.15) is 78.1 Å². The van der Waals surface area contributed by atoms with Gasteiger partial charge in [0.2, 0.25) is 0 Å². The number of hydrogen-bond acceptors (Lipinski definition) is 2. The average molecular weight is 289 g/mol. The summed E-state index contributed by atoms with van der Waals surface area (Å²) in [6.45, 7) is 4.61. The highest BCUT2D eigenvalue weighted by molar-refractivity contribution is 8.07. The van der Waals surface area contributed by atoms with Crippen molar-refractivity contribution in [1.29, 1.82) is 0 Å². The third-order valence-electron chi connectivity index (χ3n) is 3.75. The summed E-state index contributed by atoms with van der Waals surface area (Å²) in [6, 6.07) is 0. The van der Waals surface area contributed by atoms with Gasteiger partial charge in [-0.15, -0.1) is 0 Å². The zero-order valence-electron chi connectivity index (χ0n) is 12.5. The number of unbranched alkanes of at least 4 members (excludes halogenated alkanes) is 6. The predicted molar refractivity (Wildman–Crippen MR) is 90.0 cm³/mol. The fourth-order valence-electron chi connectivity index (χ4n) is 2.58. The topological polar surface area (TPSA) is 0 Å². The molecule has 2 heteroatoms. The Labute approximate surface area is 123 Å². The fourth-order valence-corrected chi connectivity index (χ4v) is 5.93. The van der Waals surface area contributed by atoms with Gasteiger partial charge in [-0.3, -0.25) is 0 Å². The Bertz CT molecular complexity index is 164. The molecule has 0 spiro atoms. The second-order valence-corrected chi connectivity index (χ2v) is 8.30. The highest BCUT2D eigenvalue weighted by atomic mass is 32.2. The van der Waals surface area contributed by atoms with Gasteiger partial charge in [-0.25, -0.2) is 0 Å². The van der Waals surface area contributed by atoms with Crippen LogP contribution in [0.15, 0.2) is 0 Å². The Balaban J connectivity index is 2.04. The SMILES string of the molecule is CCCCCCC1CSCC(CCCCCC)S1. The molecule has 0 aromatic rings. The molecule has 1 fully saturated rings. The van der Waals surface area contributed by atoms with Crippen LogP contribution in [0.3, 0.4) is 0 Å². The molecule has 1 aliphatic rings. The van der Waals surface area contributed by atoms with Crippen molar-refractivity contribution in [2.45, 2.75) is 88.6 Å². The highest BCUT2D eigenvalue weighted by Gasteiger charge is 2.21. The van der Waals surface area contributed by atoms with Gasteiger partial charge in [-0.1, -0.05) is 65.2 Å². The molecule has 0 aliphatic carbocycles. The summed E-state index contributed by atoms with van der Waals surface area (Å²) in [7, 11) is 0. The van der Waals surface area contributed by atoms with Crippen LogP contribution in [0.5, 0.6) is 0 Å². The van der Waals surface area contributed by atoms with Crippen LogP contribution in [0.2, 0.25) is 0 Å². The van der Waals surface area contributed by atoms with Gasteiger partial charge in [0.15, 0.2) is 0 Å². The minimum absolute atomic E-state index is 0.969. The van der Waals surface area contributed by atoms with Gasteiger partial charge in [-0.05, 0) is 12.8 Å². The lowest BCUT2D eigenvalue weighted by Crippen LogP contribution is -2.22. The van der Waals surface area contributed by atoms with E-state index in [2.05, 4.69) is 37.4 Å². The summed E-state index contributed by atoms with van der Waals surface area (Å²) in [4.78, 5) is 0. The Kier molecular flexibility index (Phi) is 10.7. The van der Waals surface area contributed by atoms with Crippen molar-refractivity contribution in [2.75, 3.05) is 11.5 Å². The van der Waals surface area contributed by atoms with Crippen molar-refractivity contribution < 1.29 is 0 Å².